The molecule has 1 amide bonds. The van der Waals surface area contributed by atoms with Gasteiger partial charge in [-0.15, -0.1) is 11.8 Å². The molecule has 2 aromatic carbocycles. The molecule has 0 radical (unpaired) electrons. The quantitative estimate of drug-likeness (QED) is 0.528. The Morgan fingerprint density at radius 1 is 0.862 bits per heavy atom. The van der Waals surface area contributed by atoms with Crippen molar-refractivity contribution in [1.82, 2.24) is 5.32 Å². The number of amides is 1. The lowest BCUT2D eigenvalue weighted by atomic mass is 10.1. The summed E-state index contributed by atoms with van der Waals surface area (Å²) in [5, 5.41) is 2.89. The summed E-state index contributed by atoms with van der Waals surface area (Å²) in [5.74, 6) is 4.35. The summed E-state index contributed by atoms with van der Waals surface area (Å²) in [6, 6.07) is 10.9. The Bertz CT molecular complexity index is 781. The molecule has 158 valence electrons. The predicted molar refractivity (Wildman–Crippen MR) is 114 cm³/mol. The molecule has 0 heterocycles. The minimum absolute atomic E-state index is 0.0590. The molecule has 0 unspecified atom stereocenters. The molecule has 0 spiro atoms. The molecule has 7 nitrogen and oxygen atoms in total. The highest BCUT2D eigenvalue weighted by molar-refractivity contribution is 7.99. The van der Waals surface area contributed by atoms with E-state index in [0.717, 1.165) is 17.1 Å². The zero-order chi connectivity index (χ0) is 21.1. The number of hydrogen-bond donors (Lipinski definition) is 1. The van der Waals surface area contributed by atoms with Crippen molar-refractivity contribution in [2.45, 2.75) is 6.54 Å². The Balaban J connectivity index is 1.72. The van der Waals surface area contributed by atoms with Gasteiger partial charge in [-0.1, -0.05) is 0 Å². The average Bonchev–Trinajstić information content (AvgIpc) is 2.77. The van der Waals surface area contributed by atoms with Crippen molar-refractivity contribution in [3.8, 4) is 28.7 Å². The van der Waals surface area contributed by atoms with Crippen molar-refractivity contribution in [2.24, 2.45) is 0 Å². The molecule has 0 aliphatic rings. The first-order chi connectivity index (χ1) is 14.1. The van der Waals surface area contributed by atoms with Crippen molar-refractivity contribution in [2.75, 3.05) is 46.6 Å². The molecule has 2 aromatic rings. The standard InChI is InChI=1S/C21H27NO6S/c1-24-16-5-7-17(8-6-16)28-9-10-29-14-21(23)22-13-15-11-19(26-3)20(27-4)12-18(15)25-2/h5-8,11-12H,9-10,13-14H2,1-4H3,(H,22,23). The third-order valence-electron chi connectivity index (χ3n) is 4.05. The monoisotopic (exact) mass is 421 g/mol. The van der Waals surface area contributed by atoms with Crippen LogP contribution in [0, 0.1) is 0 Å². The largest absolute Gasteiger partial charge is 0.497 e. The van der Waals surface area contributed by atoms with Crippen molar-refractivity contribution in [3.63, 3.8) is 0 Å². The van der Waals surface area contributed by atoms with Gasteiger partial charge in [0.1, 0.15) is 17.2 Å². The van der Waals surface area contributed by atoms with Gasteiger partial charge in [-0.25, -0.2) is 0 Å². The van der Waals surface area contributed by atoms with E-state index in [1.165, 1.54) is 11.8 Å². The Labute approximate surface area is 175 Å². The van der Waals surface area contributed by atoms with E-state index in [4.69, 9.17) is 23.7 Å². The molecule has 2 rings (SSSR count). The smallest absolute Gasteiger partial charge is 0.230 e. The van der Waals surface area contributed by atoms with Gasteiger partial charge >= 0.3 is 0 Å². The minimum atomic E-state index is -0.0590. The number of hydrogen-bond acceptors (Lipinski definition) is 7. The molecule has 1 N–H and O–H groups in total. The molecule has 0 saturated heterocycles. The summed E-state index contributed by atoms with van der Waals surface area (Å²) in [6.45, 7) is 0.860. The van der Waals surface area contributed by atoms with Crippen LogP contribution < -0.4 is 29.0 Å². The highest BCUT2D eigenvalue weighted by atomic mass is 32.2. The van der Waals surface area contributed by atoms with Gasteiger partial charge in [-0.05, 0) is 30.3 Å². The van der Waals surface area contributed by atoms with Crippen LogP contribution in [-0.2, 0) is 11.3 Å². The van der Waals surface area contributed by atoms with E-state index in [-0.39, 0.29) is 5.91 Å². The molecular weight excluding hydrogens is 394 g/mol. The van der Waals surface area contributed by atoms with E-state index in [2.05, 4.69) is 5.32 Å². The van der Waals surface area contributed by atoms with Crippen molar-refractivity contribution >= 4 is 17.7 Å². The highest BCUT2D eigenvalue weighted by Crippen LogP contribution is 2.34. The van der Waals surface area contributed by atoms with Crippen molar-refractivity contribution in [1.29, 1.82) is 0 Å². The van der Waals surface area contributed by atoms with Crippen LogP contribution in [0.3, 0.4) is 0 Å². The Kier molecular flexibility index (Phi) is 9.30. The van der Waals surface area contributed by atoms with E-state index >= 15 is 0 Å². The van der Waals surface area contributed by atoms with E-state index in [0.29, 0.717) is 41.9 Å². The lowest BCUT2D eigenvalue weighted by Crippen LogP contribution is -2.25. The summed E-state index contributed by atoms with van der Waals surface area (Å²) in [5.41, 5.74) is 0.811. The Morgan fingerprint density at radius 3 is 2.10 bits per heavy atom. The van der Waals surface area contributed by atoms with Crippen LogP contribution >= 0.6 is 11.8 Å². The van der Waals surface area contributed by atoms with Gasteiger partial charge in [0, 0.05) is 23.9 Å². The van der Waals surface area contributed by atoms with Gasteiger partial charge in [0.15, 0.2) is 11.5 Å². The zero-order valence-electron chi connectivity index (χ0n) is 17.2. The number of ether oxygens (including phenoxy) is 5. The second-order valence-electron chi connectivity index (χ2n) is 5.87. The molecule has 0 bridgehead atoms. The topological polar surface area (TPSA) is 75.3 Å². The Morgan fingerprint density at radius 2 is 1.48 bits per heavy atom. The van der Waals surface area contributed by atoms with Crippen molar-refractivity contribution < 1.29 is 28.5 Å². The third-order valence-corrected chi connectivity index (χ3v) is 4.97. The van der Waals surface area contributed by atoms with E-state index in [1.807, 2.05) is 24.3 Å². The Hall–Kier alpha value is -2.74. The molecule has 0 aliphatic carbocycles. The fourth-order valence-corrected chi connectivity index (χ4v) is 3.16. The third kappa shape index (κ3) is 6.98. The number of carbonyl (C=O) groups excluding carboxylic acids is 1. The summed E-state index contributed by atoms with van der Waals surface area (Å²) in [4.78, 5) is 12.1. The number of nitrogens with one attached hydrogen (secondary N) is 1. The van der Waals surface area contributed by atoms with E-state index < -0.39 is 0 Å². The molecule has 0 aromatic heterocycles. The fraction of sp³-hybridized carbons (Fsp3) is 0.381. The van der Waals surface area contributed by atoms with Crippen LogP contribution in [-0.4, -0.2) is 52.5 Å². The number of thioether (sulfide) groups is 1. The lowest BCUT2D eigenvalue weighted by Gasteiger charge is -2.14. The van der Waals surface area contributed by atoms with Crippen LogP contribution in [0.1, 0.15) is 5.56 Å². The molecule has 8 heteroatoms. The zero-order valence-corrected chi connectivity index (χ0v) is 18.0. The number of rotatable bonds is 12. The summed E-state index contributed by atoms with van der Waals surface area (Å²) in [6.07, 6.45) is 0. The van der Waals surface area contributed by atoms with E-state index in [9.17, 15) is 4.79 Å². The molecule has 29 heavy (non-hydrogen) atoms. The lowest BCUT2D eigenvalue weighted by molar-refractivity contribution is -0.118. The number of carbonyl (C=O) groups is 1. The van der Waals surface area contributed by atoms with Gasteiger partial charge < -0.3 is 29.0 Å². The molecule has 0 fully saturated rings. The summed E-state index contributed by atoms with van der Waals surface area (Å²) < 4.78 is 26.7. The van der Waals surface area contributed by atoms with Crippen LogP contribution in [0.5, 0.6) is 28.7 Å². The second-order valence-corrected chi connectivity index (χ2v) is 6.98. The number of methoxy groups -OCH3 is 4. The van der Waals surface area contributed by atoms with Gasteiger partial charge in [0.25, 0.3) is 0 Å². The first-order valence-corrected chi connectivity index (χ1v) is 10.2. The average molecular weight is 422 g/mol. The highest BCUT2D eigenvalue weighted by Gasteiger charge is 2.12. The first-order valence-electron chi connectivity index (χ1n) is 9.01. The van der Waals surface area contributed by atoms with Crippen LogP contribution in [0.4, 0.5) is 0 Å². The summed E-state index contributed by atoms with van der Waals surface area (Å²) >= 11 is 1.51. The summed E-state index contributed by atoms with van der Waals surface area (Å²) in [7, 11) is 6.33. The van der Waals surface area contributed by atoms with Crippen molar-refractivity contribution in [3.05, 3.63) is 42.0 Å². The molecule has 0 atom stereocenters. The molecule has 0 saturated carbocycles. The van der Waals surface area contributed by atoms with Crippen LogP contribution in [0.25, 0.3) is 0 Å². The number of benzene rings is 2. The SMILES string of the molecule is COc1ccc(OCCSCC(=O)NCc2cc(OC)c(OC)cc2OC)cc1. The normalized spacial score (nSPS) is 10.2. The van der Waals surface area contributed by atoms with Gasteiger partial charge in [0.2, 0.25) is 5.91 Å². The van der Waals surface area contributed by atoms with Crippen LogP contribution in [0.15, 0.2) is 36.4 Å². The maximum absolute atomic E-state index is 12.1. The van der Waals surface area contributed by atoms with Crippen LogP contribution in [0.2, 0.25) is 0 Å². The molecular formula is C21H27NO6S. The maximum Gasteiger partial charge on any atom is 0.230 e. The van der Waals surface area contributed by atoms with Gasteiger partial charge in [0.05, 0.1) is 40.8 Å². The predicted octanol–water partition coefficient (Wildman–Crippen LogP) is 3.15. The van der Waals surface area contributed by atoms with E-state index in [1.54, 1.807) is 40.6 Å². The first kappa shape index (κ1) is 22.5. The van der Waals surface area contributed by atoms with Gasteiger partial charge in [-0.3, -0.25) is 4.79 Å². The minimum Gasteiger partial charge on any atom is -0.497 e. The second kappa shape index (κ2) is 12.0. The van der Waals surface area contributed by atoms with Gasteiger partial charge in [-0.2, -0.15) is 0 Å². The fourth-order valence-electron chi connectivity index (χ4n) is 2.53. The maximum atomic E-state index is 12.1. The molecule has 0 aliphatic heterocycles.